The third kappa shape index (κ3) is 3.86. The highest BCUT2D eigenvalue weighted by molar-refractivity contribution is 6.00. The normalized spacial score (nSPS) is 21.1. The van der Waals surface area contributed by atoms with Gasteiger partial charge in [0.05, 0.1) is 6.61 Å². The van der Waals surface area contributed by atoms with Crippen molar-refractivity contribution in [1.29, 1.82) is 0 Å². The number of Topliss-reactive ketones (excluding diaryl/α,β-unsaturated/α-hetero) is 1. The third-order valence-electron chi connectivity index (χ3n) is 2.58. The largest absolute Gasteiger partial charge is 0.465 e. The van der Waals surface area contributed by atoms with Gasteiger partial charge in [-0.25, -0.2) is 0 Å². The van der Waals surface area contributed by atoms with E-state index in [9.17, 15) is 9.59 Å². The minimum atomic E-state index is -0.466. The molecule has 0 aromatic carbocycles. The molecule has 0 radical (unpaired) electrons. The molecule has 0 bridgehead atoms. The van der Waals surface area contributed by atoms with E-state index in [2.05, 4.69) is 0 Å². The summed E-state index contributed by atoms with van der Waals surface area (Å²) in [5, 5.41) is 0. The van der Waals surface area contributed by atoms with Crippen molar-refractivity contribution in [3.05, 3.63) is 12.2 Å². The van der Waals surface area contributed by atoms with Gasteiger partial charge in [-0.2, -0.15) is 0 Å². The lowest BCUT2D eigenvalue weighted by molar-refractivity contribution is -0.151. The van der Waals surface area contributed by atoms with Gasteiger partial charge >= 0.3 is 5.97 Å². The first-order chi connectivity index (χ1) is 7.25. The number of carbonyl (C=O) groups is 2. The second-order valence-corrected chi connectivity index (χ2v) is 3.79. The second kappa shape index (κ2) is 6.38. The summed E-state index contributed by atoms with van der Waals surface area (Å²) in [6, 6.07) is 0. The molecule has 1 rings (SSSR count). The number of rotatable bonds is 5. The molecule has 0 N–H and O–H groups in total. The summed E-state index contributed by atoms with van der Waals surface area (Å²) in [6.45, 7) is 2.39. The van der Waals surface area contributed by atoms with Crippen LogP contribution < -0.4 is 0 Å². The highest BCUT2D eigenvalue weighted by Gasteiger charge is 2.31. The first-order valence-electron chi connectivity index (χ1n) is 5.56. The van der Waals surface area contributed by atoms with Crippen LogP contribution in [0.1, 0.15) is 39.0 Å². The highest BCUT2D eigenvalue weighted by Crippen LogP contribution is 2.22. The number of unbranched alkanes of at least 4 members (excludes halogenated alkanes) is 1. The van der Waals surface area contributed by atoms with Crippen LogP contribution in [0.25, 0.3) is 0 Å². The van der Waals surface area contributed by atoms with Crippen LogP contribution in [0.3, 0.4) is 0 Å². The van der Waals surface area contributed by atoms with E-state index >= 15 is 0 Å². The van der Waals surface area contributed by atoms with E-state index in [0.717, 1.165) is 19.3 Å². The molecule has 84 valence electrons. The van der Waals surface area contributed by atoms with Crippen LogP contribution in [-0.2, 0) is 14.3 Å². The topological polar surface area (TPSA) is 43.4 Å². The molecule has 0 amide bonds. The van der Waals surface area contributed by atoms with Crippen LogP contribution in [-0.4, -0.2) is 18.4 Å². The molecule has 1 aliphatic rings. The molecule has 0 saturated heterocycles. The van der Waals surface area contributed by atoms with Gasteiger partial charge in [0, 0.05) is 6.42 Å². The predicted molar refractivity (Wildman–Crippen MR) is 57.4 cm³/mol. The van der Waals surface area contributed by atoms with Crippen LogP contribution >= 0.6 is 0 Å². The van der Waals surface area contributed by atoms with Gasteiger partial charge in [0.1, 0.15) is 11.7 Å². The lowest BCUT2D eigenvalue weighted by Crippen LogP contribution is -2.21. The van der Waals surface area contributed by atoms with Crippen LogP contribution in [0.4, 0.5) is 0 Å². The summed E-state index contributed by atoms with van der Waals surface area (Å²) in [7, 11) is 0. The minimum Gasteiger partial charge on any atom is -0.465 e. The molecular formula is C12H18O3. The molecule has 0 aromatic heterocycles. The first kappa shape index (κ1) is 12.0. The van der Waals surface area contributed by atoms with Gasteiger partial charge in [-0.1, -0.05) is 12.2 Å². The molecule has 0 aromatic rings. The summed E-state index contributed by atoms with van der Waals surface area (Å²) in [5.41, 5.74) is 0. The average molecular weight is 210 g/mol. The Labute approximate surface area is 90.5 Å². The van der Waals surface area contributed by atoms with Gasteiger partial charge < -0.3 is 4.74 Å². The Morgan fingerprint density at radius 3 is 3.00 bits per heavy atom. The molecule has 1 fully saturated rings. The lowest BCUT2D eigenvalue weighted by atomic mass is 10.1. The van der Waals surface area contributed by atoms with E-state index in [1.54, 1.807) is 0 Å². The van der Waals surface area contributed by atoms with Gasteiger partial charge in [0.25, 0.3) is 0 Å². The summed E-state index contributed by atoms with van der Waals surface area (Å²) in [4.78, 5) is 22.7. The zero-order valence-corrected chi connectivity index (χ0v) is 9.20. The predicted octanol–water partition coefficient (Wildman–Crippen LogP) is 2.26. The Bertz CT molecular complexity index is 256. The third-order valence-corrected chi connectivity index (χ3v) is 2.58. The highest BCUT2D eigenvalue weighted by atomic mass is 16.5. The quantitative estimate of drug-likeness (QED) is 0.302. The maximum atomic E-state index is 11.4. The van der Waals surface area contributed by atoms with Gasteiger partial charge in [-0.3, -0.25) is 9.59 Å². The van der Waals surface area contributed by atoms with Crippen molar-refractivity contribution in [2.75, 3.05) is 6.61 Å². The van der Waals surface area contributed by atoms with Crippen molar-refractivity contribution in [3.63, 3.8) is 0 Å². The number of ether oxygens (including phenoxy) is 1. The molecule has 1 atom stereocenters. The van der Waals surface area contributed by atoms with Crippen molar-refractivity contribution in [3.8, 4) is 0 Å². The van der Waals surface area contributed by atoms with Crippen molar-refractivity contribution in [1.82, 2.24) is 0 Å². The Balaban J connectivity index is 2.15. The molecule has 3 heteroatoms. The number of esters is 1. The Morgan fingerprint density at radius 1 is 1.60 bits per heavy atom. The monoisotopic (exact) mass is 210 g/mol. The van der Waals surface area contributed by atoms with E-state index in [-0.39, 0.29) is 11.8 Å². The Hall–Kier alpha value is -1.12. The fourth-order valence-corrected chi connectivity index (χ4v) is 1.71. The SMILES string of the molecule is C/C=C/CCCOC(=O)[C@H]1CCCC1=O. The first-order valence-corrected chi connectivity index (χ1v) is 5.56. The Morgan fingerprint density at radius 2 is 2.40 bits per heavy atom. The lowest BCUT2D eigenvalue weighted by Gasteiger charge is -2.07. The standard InChI is InChI=1S/C12H18O3/c1-2-3-4-5-9-15-12(14)10-7-6-8-11(10)13/h2-3,10H,4-9H2,1H3/b3-2+/t10-/m0/s1. The zero-order chi connectivity index (χ0) is 11.1. The zero-order valence-electron chi connectivity index (χ0n) is 9.20. The van der Waals surface area contributed by atoms with Crippen LogP contribution in [0, 0.1) is 5.92 Å². The van der Waals surface area contributed by atoms with E-state index < -0.39 is 5.92 Å². The van der Waals surface area contributed by atoms with Crippen molar-refractivity contribution < 1.29 is 14.3 Å². The van der Waals surface area contributed by atoms with E-state index in [0.29, 0.717) is 19.4 Å². The second-order valence-electron chi connectivity index (χ2n) is 3.79. The molecule has 0 spiro atoms. The number of ketones is 1. The van der Waals surface area contributed by atoms with E-state index in [4.69, 9.17) is 4.74 Å². The van der Waals surface area contributed by atoms with Gasteiger partial charge in [0.2, 0.25) is 0 Å². The molecular weight excluding hydrogens is 192 g/mol. The van der Waals surface area contributed by atoms with Gasteiger partial charge in [-0.15, -0.1) is 0 Å². The molecule has 1 saturated carbocycles. The number of hydrogen-bond acceptors (Lipinski definition) is 3. The van der Waals surface area contributed by atoms with Crippen molar-refractivity contribution in [2.24, 2.45) is 5.92 Å². The summed E-state index contributed by atoms with van der Waals surface area (Å²) < 4.78 is 5.05. The van der Waals surface area contributed by atoms with Crippen LogP contribution in [0.5, 0.6) is 0 Å². The van der Waals surface area contributed by atoms with E-state index in [1.165, 1.54) is 0 Å². The molecule has 15 heavy (non-hydrogen) atoms. The van der Waals surface area contributed by atoms with Gasteiger partial charge in [-0.05, 0) is 32.6 Å². The molecule has 0 heterocycles. The maximum Gasteiger partial charge on any atom is 0.316 e. The molecule has 3 nitrogen and oxygen atoms in total. The van der Waals surface area contributed by atoms with Crippen molar-refractivity contribution >= 4 is 11.8 Å². The fourth-order valence-electron chi connectivity index (χ4n) is 1.71. The smallest absolute Gasteiger partial charge is 0.316 e. The fraction of sp³-hybridized carbons (Fsp3) is 0.667. The summed E-state index contributed by atoms with van der Waals surface area (Å²) in [5.74, 6) is -0.738. The number of allylic oxidation sites excluding steroid dienone is 2. The van der Waals surface area contributed by atoms with Crippen LogP contribution in [0.15, 0.2) is 12.2 Å². The number of hydrogen-bond donors (Lipinski definition) is 0. The molecule has 1 aliphatic carbocycles. The molecule has 0 unspecified atom stereocenters. The minimum absolute atomic E-state index is 0.0495. The maximum absolute atomic E-state index is 11.4. The van der Waals surface area contributed by atoms with Crippen molar-refractivity contribution in [2.45, 2.75) is 39.0 Å². The number of carbonyl (C=O) groups excluding carboxylic acids is 2. The van der Waals surface area contributed by atoms with E-state index in [1.807, 2.05) is 19.1 Å². The summed E-state index contributed by atoms with van der Waals surface area (Å²) >= 11 is 0. The summed E-state index contributed by atoms with van der Waals surface area (Å²) in [6.07, 6.45) is 7.80. The Kier molecular flexibility index (Phi) is 5.08. The van der Waals surface area contributed by atoms with Gasteiger partial charge in [0.15, 0.2) is 0 Å². The molecule has 0 aliphatic heterocycles. The van der Waals surface area contributed by atoms with Crippen LogP contribution in [0.2, 0.25) is 0 Å². The average Bonchev–Trinajstić information content (AvgIpc) is 2.64.